The lowest BCUT2D eigenvalue weighted by Crippen LogP contribution is -2.14. The summed E-state index contributed by atoms with van der Waals surface area (Å²) in [4.78, 5) is 12.3. The Morgan fingerprint density at radius 1 is 1.21 bits per heavy atom. The van der Waals surface area contributed by atoms with Gasteiger partial charge >= 0.3 is 0 Å². The molecule has 0 spiro atoms. The van der Waals surface area contributed by atoms with Crippen LogP contribution in [0.5, 0.6) is 5.75 Å². The summed E-state index contributed by atoms with van der Waals surface area (Å²) >= 11 is 3.04. The standard InChI is InChI=1S/C20H18N4O2S2/c1-24-19(16-11-27-17-9-4-3-8-15(16)17)22-23-20(24)28-12-18(25)21-13-6-5-7-14(10-13)26-2/h3-11H,12H2,1-2H3,(H,21,25). The summed E-state index contributed by atoms with van der Waals surface area (Å²) in [6.07, 6.45) is 0. The van der Waals surface area contributed by atoms with Gasteiger partial charge in [0.25, 0.3) is 0 Å². The molecule has 1 amide bonds. The molecule has 0 saturated heterocycles. The normalized spacial score (nSPS) is 10.9. The first-order valence-corrected chi connectivity index (χ1v) is 10.4. The average molecular weight is 411 g/mol. The van der Waals surface area contributed by atoms with Gasteiger partial charge in [0.2, 0.25) is 5.91 Å². The maximum Gasteiger partial charge on any atom is 0.234 e. The molecule has 0 saturated carbocycles. The third-order valence-electron chi connectivity index (χ3n) is 4.24. The van der Waals surface area contributed by atoms with Crippen LogP contribution in [0.3, 0.4) is 0 Å². The predicted molar refractivity (Wildman–Crippen MR) is 114 cm³/mol. The Balaban J connectivity index is 1.45. The summed E-state index contributed by atoms with van der Waals surface area (Å²) in [6.45, 7) is 0. The Morgan fingerprint density at radius 3 is 2.93 bits per heavy atom. The average Bonchev–Trinajstić information content (AvgIpc) is 3.29. The molecule has 4 aromatic rings. The summed E-state index contributed by atoms with van der Waals surface area (Å²) in [5.41, 5.74) is 1.76. The number of nitrogens with zero attached hydrogens (tertiary/aromatic N) is 3. The molecule has 6 nitrogen and oxygen atoms in total. The van der Waals surface area contributed by atoms with Crippen LogP contribution < -0.4 is 10.1 Å². The Labute approximate surface area is 170 Å². The van der Waals surface area contributed by atoms with Crippen molar-refractivity contribution >= 4 is 44.8 Å². The van der Waals surface area contributed by atoms with Crippen LogP contribution in [0.4, 0.5) is 5.69 Å². The summed E-state index contributed by atoms with van der Waals surface area (Å²) in [7, 11) is 3.52. The highest BCUT2D eigenvalue weighted by molar-refractivity contribution is 7.99. The number of nitrogens with one attached hydrogen (secondary N) is 1. The van der Waals surface area contributed by atoms with Gasteiger partial charge in [0.05, 0.1) is 12.9 Å². The highest BCUT2D eigenvalue weighted by Crippen LogP contribution is 2.33. The van der Waals surface area contributed by atoms with E-state index in [0.29, 0.717) is 16.6 Å². The van der Waals surface area contributed by atoms with Gasteiger partial charge in [0.15, 0.2) is 11.0 Å². The van der Waals surface area contributed by atoms with Gasteiger partial charge in [-0.1, -0.05) is 36.0 Å². The molecule has 0 fully saturated rings. The van der Waals surface area contributed by atoms with Crippen molar-refractivity contribution in [2.75, 3.05) is 18.2 Å². The molecule has 1 N–H and O–H groups in total. The summed E-state index contributed by atoms with van der Waals surface area (Å²) < 4.78 is 8.32. The molecule has 0 atom stereocenters. The molecule has 2 heterocycles. The van der Waals surface area contributed by atoms with E-state index >= 15 is 0 Å². The van der Waals surface area contributed by atoms with E-state index in [2.05, 4.69) is 33.0 Å². The maximum absolute atomic E-state index is 12.3. The van der Waals surface area contributed by atoms with Crippen molar-refractivity contribution in [2.24, 2.45) is 7.05 Å². The van der Waals surface area contributed by atoms with Crippen LogP contribution in [0, 0.1) is 0 Å². The minimum atomic E-state index is -0.108. The number of rotatable bonds is 6. The number of aromatic nitrogens is 3. The number of benzene rings is 2. The Hall–Kier alpha value is -2.84. The van der Waals surface area contributed by atoms with E-state index in [1.54, 1.807) is 24.5 Å². The number of hydrogen-bond acceptors (Lipinski definition) is 6. The lowest BCUT2D eigenvalue weighted by Gasteiger charge is -2.07. The van der Waals surface area contributed by atoms with Crippen LogP contribution in [0.2, 0.25) is 0 Å². The molecular formula is C20H18N4O2S2. The van der Waals surface area contributed by atoms with Crippen LogP contribution >= 0.6 is 23.1 Å². The van der Waals surface area contributed by atoms with E-state index in [1.807, 2.05) is 41.9 Å². The zero-order valence-corrected chi connectivity index (χ0v) is 17.0. The number of fused-ring (bicyclic) bond motifs is 1. The number of anilines is 1. The molecule has 0 aliphatic carbocycles. The van der Waals surface area contributed by atoms with Crippen molar-refractivity contribution in [3.63, 3.8) is 0 Å². The fraction of sp³-hybridized carbons (Fsp3) is 0.150. The maximum atomic E-state index is 12.3. The van der Waals surface area contributed by atoms with Crippen LogP contribution in [0.1, 0.15) is 0 Å². The lowest BCUT2D eigenvalue weighted by atomic mass is 10.2. The van der Waals surface area contributed by atoms with Gasteiger partial charge < -0.3 is 14.6 Å². The lowest BCUT2D eigenvalue weighted by molar-refractivity contribution is -0.113. The van der Waals surface area contributed by atoms with E-state index in [9.17, 15) is 4.79 Å². The van der Waals surface area contributed by atoms with Gasteiger partial charge in [-0.05, 0) is 18.2 Å². The second-order valence-electron chi connectivity index (χ2n) is 6.08. The van der Waals surface area contributed by atoms with Crippen LogP contribution in [-0.4, -0.2) is 33.5 Å². The third kappa shape index (κ3) is 3.74. The van der Waals surface area contributed by atoms with E-state index in [0.717, 1.165) is 16.8 Å². The Morgan fingerprint density at radius 2 is 2.07 bits per heavy atom. The first-order valence-electron chi connectivity index (χ1n) is 8.58. The second-order valence-corrected chi connectivity index (χ2v) is 7.93. The van der Waals surface area contributed by atoms with Gasteiger partial charge in [-0.3, -0.25) is 4.79 Å². The highest BCUT2D eigenvalue weighted by atomic mass is 32.2. The van der Waals surface area contributed by atoms with Crippen molar-refractivity contribution in [3.8, 4) is 17.1 Å². The van der Waals surface area contributed by atoms with Crippen LogP contribution in [-0.2, 0) is 11.8 Å². The van der Waals surface area contributed by atoms with Crippen molar-refractivity contribution in [2.45, 2.75) is 5.16 Å². The molecule has 0 radical (unpaired) electrons. The summed E-state index contributed by atoms with van der Waals surface area (Å²) in [6, 6.07) is 15.5. The molecule has 0 unspecified atom stereocenters. The molecule has 28 heavy (non-hydrogen) atoms. The molecule has 0 aliphatic rings. The van der Waals surface area contributed by atoms with Crippen molar-refractivity contribution < 1.29 is 9.53 Å². The van der Waals surface area contributed by atoms with Gasteiger partial charge in [0, 0.05) is 39.8 Å². The van der Waals surface area contributed by atoms with Gasteiger partial charge in [-0.25, -0.2) is 0 Å². The van der Waals surface area contributed by atoms with E-state index in [1.165, 1.54) is 16.5 Å². The van der Waals surface area contributed by atoms with E-state index in [4.69, 9.17) is 4.74 Å². The third-order valence-corrected chi connectivity index (χ3v) is 6.23. The molecule has 0 bridgehead atoms. The van der Waals surface area contributed by atoms with Gasteiger partial charge in [-0.15, -0.1) is 21.5 Å². The number of methoxy groups -OCH3 is 1. The Kier molecular flexibility index (Phi) is 5.31. The van der Waals surface area contributed by atoms with Crippen molar-refractivity contribution in [1.29, 1.82) is 0 Å². The van der Waals surface area contributed by atoms with Crippen LogP contribution in [0.15, 0.2) is 59.1 Å². The SMILES string of the molecule is COc1cccc(NC(=O)CSc2nnc(-c3csc4ccccc34)n2C)c1. The summed E-state index contributed by atoms with van der Waals surface area (Å²) in [5, 5.41) is 15.4. The molecule has 2 aromatic carbocycles. The monoisotopic (exact) mass is 410 g/mol. The fourth-order valence-corrected chi connectivity index (χ4v) is 4.50. The van der Waals surface area contributed by atoms with Crippen molar-refractivity contribution in [1.82, 2.24) is 14.8 Å². The molecular weight excluding hydrogens is 392 g/mol. The topological polar surface area (TPSA) is 69.0 Å². The highest BCUT2D eigenvalue weighted by Gasteiger charge is 2.16. The quantitative estimate of drug-likeness (QED) is 0.476. The van der Waals surface area contributed by atoms with E-state index in [-0.39, 0.29) is 11.7 Å². The number of thioether (sulfide) groups is 1. The largest absolute Gasteiger partial charge is 0.497 e. The minimum absolute atomic E-state index is 0.108. The number of thiophene rings is 1. The number of carbonyl (C=O) groups excluding carboxylic acids is 1. The van der Waals surface area contributed by atoms with E-state index < -0.39 is 0 Å². The van der Waals surface area contributed by atoms with Gasteiger partial charge in [-0.2, -0.15) is 0 Å². The first kappa shape index (κ1) is 18.5. The minimum Gasteiger partial charge on any atom is -0.497 e. The van der Waals surface area contributed by atoms with Gasteiger partial charge in [0.1, 0.15) is 5.75 Å². The molecule has 142 valence electrons. The number of carbonyl (C=O) groups is 1. The molecule has 4 rings (SSSR count). The predicted octanol–water partition coefficient (Wildman–Crippen LogP) is 4.44. The molecule has 8 heteroatoms. The zero-order valence-electron chi connectivity index (χ0n) is 15.4. The second kappa shape index (κ2) is 8.04. The zero-order chi connectivity index (χ0) is 19.5. The molecule has 2 aromatic heterocycles. The van der Waals surface area contributed by atoms with Crippen molar-refractivity contribution in [3.05, 3.63) is 53.9 Å². The number of amides is 1. The first-order chi connectivity index (χ1) is 13.7. The van der Waals surface area contributed by atoms with Crippen LogP contribution in [0.25, 0.3) is 21.5 Å². The molecule has 0 aliphatic heterocycles. The number of ether oxygens (including phenoxy) is 1. The summed E-state index contributed by atoms with van der Waals surface area (Å²) in [5.74, 6) is 1.64. The Bertz CT molecular complexity index is 1140. The smallest absolute Gasteiger partial charge is 0.234 e. The fourth-order valence-electron chi connectivity index (χ4n) is 2.85. The number of hydrogen-bond donors (Lipinski definition) is 1.